The smallest absolute Gasteiger partial charge is 0.345 e. The van der Waals surface area contributed by atoms with Crippen LogP contribution in [-0.4, -0.2) is 11.8 Å². The number of halogens is 2. The Kier molecular flexibility index (Phi) is 7.12. The molecule has 0 bridgehead atoms. The summed E-state index contributed by atoms with van der Waals surface area (Å²) in [6, 6.07) is 17.0. The Morgan fingerprint density at radius 1 is 0.864 bits per heavy atom. The number of nitrogens with two attached hydrogens (primary N) is 1. The largest absolute Gasteiger partial charge is 0.366 e. The topological polar surface area (TPSA) is 89.3 Å². The summed E-state index contributed by atoms with van der Waals surface area (Å²) in [6.45, 7) is 0. The van der Waals surface area contributed by atoms with E-state index in [4.69, 9.17) is 28.2 Å². The molecule has 0 aliphatic rings. The minimum atomic E-state index is -3.54. The second-order valence-electron chi connectivity index (χ2n) is 4.00. The van der Waals surface area contributed by atoms with Gasteiger partial charge in [-0.1, -0.05) is 36.4 Å². The van der Waals surface area contributed by atoms with Crippen molar-refractivity contribution in [1.29, 1.82) is 0 Å². The zero-order valence-corrected chi connectivity index (χ0v) is 13.7. The Hall–Kier alpha value is -1.81. The van der Waals surface area contributed by atoms with E-state index in [2.05, 4.69) is 0 Å². The van der Waals surface area contributed by atoms with E-state index in [0.29, 0.717) is 11.1 Å². The number of rotatable bonds is 3. The molecule has 0 saturated heterocycles. The van der Waals surface area contributed by atoms with Gasteiger partial charge in [-0.15, -0.1) is 0 Å². The van der Waals surface area contributed by atoms with Gasteiger partial charge in [0.05, 0.1) is 0 Å². The van der Waals surface area contributed by atoms with E-state index in [0.717, 1.165) is 0 Å². The second-order valence-corrected chi connectivity index (χ2v) is 8.52. The lowest BCUT2D eigenvalue weighted by Crippen LogP contribution is -2.16. The van der Waals surface area contributed by atoms with Gasteiger partial charge in [-0.3, -0.25) is 19.2 Å². The van der Waals surface area contributed by atoms with Crippen molar-refractivity contribution in [3.63, 3.8) is 0 Å². The van der Waals surface area contributed by atoms with Gasteiger partial charge in [0.1, 0.15) is 0 Å². The molecule has 22 heavy (non-hydrogen) atoms. The summed E-state index contributed by atoms with van der Waals surface area (Å²) in [5, 5.41) is 1.98. The van der Waals surface area contributed by atoms with Crippen molar-refractivity contribution < 1.29 is 14.2 Å². The van der Waals surface area contributed by atoms with Crippen molar-refractivity contribution in [3.05, 3.63) is 71.8 Å². The summed E-state index contributed by atoms with van der Waals surface area (Å²) in [7, 11) is 0. The number of hydrogen-bond donors (Lipinski definition) is 2. The molecule has 0 spiro atoms. The van der Waals surface area contributed by atoms with Gasteiger partial charge in [-0.25, -0.2) is 0 Å². The summed E-state index contributed by atoms with van der Waals surface area (Å²) >= 11 is 10.3. The Balaban J connectivity index is 0.000000235. The quantitative estimate of drug-likeness (QED) is 0.818. The minimum absolute atomic E-state index is 0.365. The molecule has 0 aliphatic carbocycles. The van der Waals surface area contributed by atoms with Crippen LogP contribution < -0.4 is 10.8 Å². The van der Waals surface area contributed by atoms with Gasteiger partial charge in [0.2, 0.25) is 5.91 Å². The molecule has 0 aromatic heterocycles. The maximum Gasteiger partial charge on any atom is 0.345 e. The van der Waals surface area contributed by atoms with Crippen molar-refractivity contribution in [1.82, 2.24) is 5.09 Å². The molecule has 2 aromatic carbocycles. The van der Waals surface area contributed by atoms with Crippen LogP contribution in [0.4, 0.5) is 0 Å². The van der Waals surface area contributed by atoms with E-state index in [1.807, 2.05) is 11.2 Å². The number of hydrogen-bond acceptors (Lipinski definition) is 3. The SMILES string of the molecule is NC(=O)c1ccccc1.O=C(NP(=O)(Cl)Cl)c1ccccc1. The number of nitrogens with one attached hydrogen (secondary N) is 1. The highest BCUT2D eigenvalue weighted by molar-refractivity contribution is 8.07. The predicted molar refractivity (Wildman–Crippen MR) is 88.2 cm³/mol. The molecule has 3 N–H and O–H groups in total. The zero-order valence-electron chi connectivity index (χ0n) is 11.3. The molecule has 2 rings (SSSR count). The number of primary amides is 1. The lowest BCUT2D eigenvalue weighted by Gasteiger charge is -2.04. The molecule has 0 fully saturated rings. The summed E-state index contributed by atoms with van der Waals surface area (Å²) in [5.41, 5.74) is 5.89. The van der Waals surface area contributed by atoms with Crippen LogP contribution in [0.1, 0.15) is 20.7 Å². The van der Waals surface area contributed by atoms with Crippen molar-refractivity contribution in [2.45, 2.75) is 0 Å². The standard InChI is InChI=1S/C7H6Cl2NO2P.C7H7NO/c8-13(9,12)10-7(11)6-4-2-1-3-5-6;8-7(9)6-4-2-1-3-5-6/h1-5H,(H,10,11,12);1-5H,(H2,8,9). The molecule has 0 unspecified atom stereocenters. The van der Waals surface area contributed by atoms with Gasteiger partial charge in [0.25, 0.3) is 5.91 Å². The van der Waals surface area contributed by atoms with Gasteiger partial charge in [-0.2, -0.15) is 0 Å². The molecular formula is C14H13Cl2N2O3P. The third-order valence-electron chi connectivity index (χ3n) is 2.33. The van der Waals surface area contributed by atoms with Crippen molar-refractivity contribution >= 4 is 40.3 Å². The number of amides is 2. The van der Waals surface area contributed by atoms with Crippen molar-refractivity contribution in [2.75, 3.05) is 0 Å². The van der Waals surface area contributed by atoms with Gasteiger partial charge in [0, 0.05) is 11.1 Å². The van der Waals surface area contributed by atoms with Crippen LogP contribution in [0.15, 0.2) is 60.7 Å². The molecule has 0 saturated carbocycles. The van der Waals surface area contributed by atoms with Gasteiger partial charge in [-0.05, 0) is 46.7 Å². The molecule has 8 heteroatoms. The Labute approximate surface area is 137 Å². The molecule has 2 amide bonds. The van der Waals surface area contributed by atoms with Crippen LogP contribution in [0.5, 0.6) is 0 Å². The van der Waals surface area contributed by atoms with E-state index < -0.39 is 11.9 Å². The normalized spacial score (nSPS) is 10.1. The molecular weight excluding hydrogens is 346 g/mol. The van der Waals surface area contributed by atoms with Crippen molar-refractivity contribution in [3.8, 4) is 0 Å². The fourth-order valence-electron chi connectivity index (χ4n) is 1.37. The third kappa shape index (κ3) is 7.27. The monoisotopic (exact) mass is 358 g/mol. The van der Waals surface area contributed by atoms with Crippen LogP contribution >= 0.6 is 28.5 Å². The first-order valence-corrected chi connectivity index (χ1v) is 9.53. The Morgan fingerprint density at radius 3 is 1.59 bits per heavy atom. The highest BCUT2D eigenvalue weighted by Crippen LogP contribution is 2.52. The average Bonchev–Trinajstić information content (AvgIpc) is 2.48. The van der Waals surface area contributed by atoms with E-state index in [9.17, 15) is 14.2 Å². The second kappa shape index (κ2) is 8.59. The van der Waals surface area contributed by atoms with Gasteiger partial charge in [0.15, 0.2) is 0 Å². The minimum Gasteiger partial charge on any atom is -0.366 e. The first-order chi connectivity index (χ1) is 10.3. The average molecular weight is 359 g/mol. The first kappa shape index (κ1) is 18.2. The molecule has 0 atom stereocenters. The molecule has 5 nitrogen and oxygen atoms in total. The predicted octanol–water partition coefficient (Wildman–Crippen LogP) is 3.79. The Bertz CT molecular complexity index is 675. The fraction of sp³-hybridized carbons (Fsp3) is 0. The third-order valence-corrected chi connectivity index (χ3v) is 3.30. The van der Waals surface area contributed by atoms with Crippen LogP contribution in [0.2, 0.25) is 0 Å². The van der Waals surface area contributed by atoms with Crippen LogP contribution in [-0.2, 0) is 4.57 Å². The number of carbonyl (C=O) groups is 2. The summed E-state index contributed by atoms with van der Waals surface area (Å²) in [6.07, 6.45) is 0. The van der Waals surface area contributed by atoms with Crippen LogP contribution in [0.3, 0.4) is 0 Å². The zero-order chi connectivity index (χ0) is 16.6. The fourth-order valence-corrected chi connectivity index (χ4v) is 2.20. The van der Waals surface area contributed by atoms with E-state index in [-0.39, 0.29) is 5.91 Å². The van der Waals surface area contributed by atoms with E-state index in [1.165, 1.54) is 0 Å². The highest BCUT2D eigenvalue weighted by atomic mass is 35.9. The molecule has 116 valence electrons. The highest BCUT2D eigenvalue weighted by Gasteiger charge is 2.17. The van der Waals surface area contributed by atoms with Gasteiger partial charge < -0.3 is 5.73 Å². The maximum absolute atomic E-state index is 11.2. The van der Waals surface area contributed by atoms with Crippen LogP contribution in [0.25, 0.3) is 0 Å². The Morgan fingerprint density at radius 2 is 1.27 bits per heavy atom. The van der Waals surface area contributed by atoms with Crippen molar-refractivity contribution in [2.24, 2.45) is 5.73 Å². The lowest BCUT2D eigenvalue weighted by atomic mass is 10.2. The molecule has 2 aromatic rings. The molecule has 0 heterocycles. The molecule has 0 radical (unpaired) electrons. The van der Waals surface area contributed by atoms with Gasteiger partial charge >= 0.3 is 6.00 Å². The maximum atomic E-state index is 11.2. The van der Waals surface area contributed by atoms with E-state index in [1.54, 1.807) is 54.6 Å². The summed E-state index contributed by atoms with van der Waals surface area (Å²) in [5.74, 6) is -4.47. The summed E-state index contributed by atoms with van der Waals surface area (Å²) < 4.78 is 10.8. The summed E-state index contributed by atoms with van der Waals surface area (Å²) in [4.78, 5) is 21.6. The number of carbonyl (C=O) groups excluding carboxylic acids is 2. The number of benzene rings is 2. The molecule has 0 aliphatic heterocycles. The van der Waals surface area contributed by atoms with E-state index >= 15 is 0 Å². The lowest BCUT2D eigenvalue weighted by molar-refractivity contribution is 0.0978. The first-order valence-electron chi connectivity index (χ1n) is 6.01. The van der Waals surface area contributed by atoms with Crippen LogP contribution in [0, 0.1) is 0 Å².